The average Bonchev–Trinajstić information content (AvgIpc) is 2.75. The Bertz CT molecular complexity index is 901. The SMILES string of the molecule is CC(C)(C(=O)OOc1ccccc1)C1CCN(C(=O)c2cc(I)c(O)c(I)c2)CC1. The third-order valence-corrected chi connectivity index (χ3v) is 7.19. The number of hydrogen-bond donors (Lipinski definition) is 1. The van der Waals surface area contributed by atoms with E-state index in [9.17, 15) is 14.7 Å². The number of carbonyl (C=O) groups excluding carboxylic acids is 2. The number of phenols is 1. The van der Waals surface area contributed by atoms with Gasteiger partial charge in [-0.1, -0.05) is 18.2 Å². The predicted octanol–water partition coefficient (Wildman–Crippen LogP) is 5.02. The topological polar surface area (TPSA) is 76.1 Å². The lowest BCUT2D eigenvalue weighted by molar-refractivity contribution is -0.227. The maximum absolute atomic E-state index is 12.9. The van der Waals surface area contributed by atoms with Crippen LogP contribution in [0, 0.1) is 18.5 Å². The zero-order valence-corrected chi connectivity index (χ0v) is 21.0. The van der Waals surface area contributed by atoms with Gasteiger partial charge in [-0.25, -0.2) is 9.68 Å². The molecular weight excluding hydrogens is 612 g/mol. The van der Waals surface area contributed by atoms with Crippen molar-refractivity contribution < 1.29 is 24.5 Å². The van der Waals surface area contributed by atoms with Gasteiger partial charge in [-0.3, -0.25) is 9.68 Å². The Kier molecular flexibility index (Phi) is 7.48. The molecule has 1 aliphatic heterocycles. The van der Waals surface area contributed by atoms with E-state index in [2.05, 4.69) is 0 Å². The summed E-state index contributed by atoms with van der Waals surface area (Å²) >= 11 is 4.05. The van der Waals surface area contributed by atoms with Crippen LogP contribution in [0.3, 0.4) is 0 Å². The molecule has 1 fully saturated rings. The molecule has 0 bridgehead atoms. The van der Waals surface area contributed by atoms with Gasteiger partial charge in [0.15, 0.2) is 5.75 Å². The first-order valence-electron chi connectivity index (χ1n) is 9.61. The van der Waals surface area contributed by atoms with Crippen molar-refractivity contribution in [3.8, 4) is 11.5 Å². The first-order chi connectivity index (χ1) is 14.2. The molecule has 0 aromatic heterocycles. The molecular formula is C22H23I2NO5. The number of benzene rings is 2. The number of aromatic hydroxyl groups is 1. The fourth-order valence-electron chi connectivity index (χ4n) is 3.51. The lowest BCUT2D eigenvalue weighted by Gasteiger charge is -2.38. The van der Waals surface area contributed by atoms with Gasteiger partial charge >= 0.3 is 5.97 Å². The maximum Gasteiger partial charge on any atom is 0.361 e. The van der Waals surface area contributed by atoms with Crippen molar-refractivity contribution in [1.29, 1.82) is 0 Å². The number of likely N-dealkylation sites (tertiary alicyclic amines) is 1. The Morgan fingerprint density at radius 3 is 2.20 bits per heavy atom. The highest BCUT2D eigenvalue weighted by Crippen LogP contribution is 2.37. The van der Waals surface area contributed by atoms with Crippen molar-refractivity contribution in [3.05, 3.63) is 55.2 Å². The summed E-state index contributed by atoms with van der Waals surface area (Å²) in [5.41, 5.74) is -0.164. The Morgan fingerprint density at radius 2 is 1.63 bits per heavy atom. The van der Waals surface area contributed by atoms with Crippen molar-refractivity contribution in [3.63, 3.8) is 0 Å². The summed E-state index contributed by atoms with van der Waals surface area (Å²) in [6.07, 6.45) is 1.40. The molecule has 0 aliphatic carbocycles. The van der Waals surface area contributed by atoms with Crippen LogP contribution in [0.5, 0.6) is 11.5 Å². The van der Waals surface area contributed by atoms with Gasteiger partial charge in [-0.05, 0) is 102 Å². The smallest absolute Gasteiger partial charge is 0.361 e. The van der Waals surface area contributed by atoms with E-state index in [-0.39, 0.29) is 17.6 Å². The van der Waals surface area contributed by atoms with Gasteiger partial charge in [-0.2, -0.15) is 0 Å². The number of nitrogens with zero attached hydrogens (tertiary/aromatic N) is 1. The zero-order valence-electron chi connectivity index (χ0n) is 16.7. The molecule has 0 atom stereocenters. The summed E-state index contributed by atoms with van der Waals surface area (Å²) in [7, 11) is 0. The molecule has 8 heteroatoms. The van der Waals surface area contributed by atoms with Gasteiger partial charge in [0.25, 0.3) is 5.91 Å². The number of piperidine rings is 1. The highest BCUT2D eigenvalue weighted by atomic mass is 127. The summed E-state index contributed by atoms with van der Waals surface area (Å²) in [6, 6.07) is 12.3. The van der Waals surface area contributed by atoms with Crippen LogP contribution in [0.15, 0.2) is 42.5 Å². The molecule has 1 aliphatic rings. The van der Waals surface area contributed by atoms with Crippen LogP contribution in [0.2, 0.25) is 0 Å². The van der Waals surface area contributed by atoms with Gasteiger partial charge in [0.05, 0.1) is 12.6 Å². The molecule has 0 radical (unpaired) electrons. The first-order valence-corrected chi connectivity index (χ1v) is 11.8. The first kappa shape index (κ1) is 23.1. The molecule has 1 heterocycles. The summed E-state index contributed by atoms with van der Waals surface area (Å²) in [5, 5.41) is 9.92. The number of halogens is 2. The molecule has 1 saturated heterocycles. The monoisotopic (exact) mass is 635 g/mol. The largest absolute Gasteiger partial charge is 0.506 e. The fraction of sp³-hybridized carbons (Fsp3) is 0.364. The van der Waals surface area contributed by atoms with Crippen molar-refractivity contribution in [2.75, 3.05) is 13.1 Å². The lowest BCUT2D eigenvalue weighted by atomic mass is 9.73. The van der Waals surface area contributed by atoms with E-state index in [1.54, 1.807) is 41.3 Å². The van der Waals surface area contributed by atoms with Gasteiger partial charge in [0.1, 0.15) is 5.75 Å². The summed E-state index contributed by atoms with van der Waals surface area (Å²) in [6.45, 7) is 4.84. The highest BCUT2D eigenvalue weighted by molar-refractivity contribution is 14.1. The third kappa shape index (κ3) is 5.19. The minimum atomic E-state index is -0.729. The number of amides is 1. The van der Waals surface area contributed by atoms with Gasteiger partial charge < -0.3 is 10.0 Å². The standard InChI is InChI=1S/C22H23I2NO5/c1-22(2,21(28)30-29-16-6-4-3-5-7-16)15-8-10-25(11-9-15)20(27)14-12-17(23)19(26)18(24)13-14/h3-7,12-13,15,26H,8-11H2,1-2H3. The predicted molar refractivity (Wildman–Crippen MR) is 129 cm³/mol. The fourth-order valence-corrected chi connectivity index (χ4v) is 5.28. The van der Waals surface area contributed by atoms with Crippen LogP contribution >= 0.6 is 45.2 Å². The number of para-hydroxylation sites is 1. The van der Waals surface area contributed by atoms with E-state index >= 15 is 0 Å². The molecule has 30 heavy (non-hydrogen) atoms. The number of phenolic OH excluding ortho intramolecular Hbond substituents is 1. The number of hydrogen-bond acceptors (Lipinski definition) is 5. The van der Waals surface area contributed by atoms with Gasteiger partial charge in [0.2, 0.25) is 0 Å². The normalized spacial score (nSPS) is 15.0. The van der Waals surface area contributed by atoms with E-state index < -0.39 is 11.4 Å². The van der Waals surface area contributed by atoms with E-state index in [1.165, 1.54) is 0 Å². The van der Waals surface area contributed by atoms with Crippen molar-refractivity contribution in [2.24, 2.45) is 11.3 Å². The molecule has 0 unspecified atom stereocenters. The van der Waals surface area contributed by atoms with Crippen molar-refractivity contribution in [2.45, 2.75) is 26.7 Å². The van der Waals surface area contributed by atoms with Crippen LogP contribution in [0.25, 0.3) is 0 Å². The zero-order chi connectivity index (χ0) is 21.9. The third-order valence-electron chi connectivity index (χ3n) is 5.55. The second-order valence-corrected chi connectivity index (χ2v) is 10.2. The van der Waals surface area contributed by atoms with E-state index in [0.29, 0.717) is 44.4 Å². The Labute approximate surface area is 203 Å². The molecule has 2 aromatic carbocycles. The van der Waals surface area contributed by atoms with E-state index in [1.807, 2.05) is 65.1 Å². The lowest BCUT2D eigenvalue weighted by Crippen LogP contribution is -2.45. The summed E-state index contributed by atoms with van der Waals surface area (Å²) in [5.74, 6) is 0.272. The molecule has 3 rings (SSSR count). The second-order valence-electron chi connectivity index (χ2n) is 7.84. The second kappa shape index (κ2) is 9.71. The van der Waals surface area contributed by atoms with Gasteiger partial charge in [0, 0.05) is 18.7 Å². The minimum absolute atomic E-state index is 0.0583. The number of carbonyl (C=O) groups is 2. The molecule has 0 spiro atoms. The van der Waals surface area contributed by atoms with Crippen LogP contribution in [-0.4, -0.2) is 35.0 Å². The van der Waals surface area contributed by atoms with Crippen molar-refractivity contribution >= 4 is 57.1 Å². The van der Waals surface area contributed by atoms with Crippen molar-refractivity contribution in [1.82, 2.24) is 4.90 Å². The molecule has 2 aromatic rings. The molecule has 1 amide bonds. The highest BCUT2D eigenvalue weighted by Gasteiger charge is 2.41. The molecule has 0 saturated carbocycles. The van der Waals surface area contributed by atoms with Gasteiger partial charge in [-0.15, -0.1) is 0 Å². The minimum Gasteiger partial charge on any atom is -0.506 e. The van der Waals surface area contributed by atoms with Crippen LogP contribution in [0.1, 0.15) is 37.0 Å². The molecule has 1 N–H and O–H groups in total. The van der Waals surface area contributed by atoms with E-state index in [4.69, 9.17) is 9.78 Å². The van der Waals surface area contributed by atoms with E-state index in [0.717, 1.165) is 0 Å². The van der Waals surface area contributed by atoms with Crippen LogP contribution in [-0.2, 0) is 9.68 Å². The Balaban J connectivity index is 1.58. The average molecular weight is 635 g/mol. The quantitative estimate of drug-likeness (QED) is 0.284. The Morgan fingerprint density at radius 1 is 1.07 bits per heavy atom. The Hall–Kier alpha value is -1.56. The summed E-state index contributed by atoms with van der Waals surface area (Å²) in [4.78, 5) is 37.6. The summed E-state index contributed by atoms with van der Waals surface area (Å²) < 4.78 is 1.31. The molecule has 6 nitrogen and oxygen atoms in total. The van der Waals surface area contributed by atoms with Crippen LogP contribution in [0.4, 0.5) is 0 Å². The van der Waals surface area contributed by atoms with Crippen LogP contribution < -0.4 is 4.89 Å². The molecule has 160 valence electrons. The maximum atomic E-state index is 12.9. The number of rotatable bonds is 5.